The second-order valence-corrected chi connectivity index (χ2v) is 5.26. The summed E-state index contributed by atoms with van der Waals surface area (Å²) < 4.78 is 5.00. The van der Waals surface area contributed by atoms with Crippen LogP contribution in [0.4, 0.5) is 0 Å². The van der Waals surface area contributed by atoms with E-state index < -0.39 is 5.97 Å². The van der Waals surface area contributed by atoms with Crippen LogP contribution in [0.5, 0.6) is 0 Å². The predicted octanol–water partition coefficient (Wildman–Crippen LogP) is 1.78. The van der Waals surface area contributed by atoms with E-state index in [9.17, 15) is 14.4 Å². The molecule has 0 saturated heterocycles. The molecule has 0 spiro atoms. The third-order valence-electron chi connectivity index (χ3n) is 3.42. The van der Waals surface area contributed by atoms with Gasteiger partial charge in [-0.1, -0.05) is 26.0 Å². The largest absolute Gasteiger partial charge is 0.452 e. The molecule has 0 heterocycles. The highest BCUT2D eigenvalue weighted by Crippen LogP contribution is 2.06. The fraction of sp³-hybridized carbons (Fsp3) is 0.471. The summed E-state index contributed by atoms with van der Waals surface area (Å²) in [7, 11) is 0. The minimum absolute atomic E-state index is 0.106. The van der Waals surface area contributed by atoms with E-state index in [0.29, 0.717) is 12.1 Å². The molecule has 6 nitrogen and oxygen atoms in total. The lowest BCUT2D eigenvalue weighted by molar-refractivity contribution is -0.125. The first-order valence-corrected chi connectivity index (χ1v) is 7.76. The van der Waals surface area contributed by atoms with E-state index in [1.807, 2.05) is 13.8 Å². The van der Waals surface area contributed by atoms with Gasteiger partial charge >= 0.3 is 5.97 Å². The number of esters is 1. The van der Waals surface area contributed by atoms with Gasteiger partial charge in [0.25, 0.3) is 5.91 Å². The van der Waals surface area contributed by atoms with Crippen LogP contribution in [-0.4, -0.2) is 30.4 Å². The lowest BCUT2D eigenvalue weighted by Crippen LogP contribution is -2.36. The second kappa shape index (κ2) is 9.61. The smallest absolute Gasteiger partial charge is 0.338 e. The van der Waals surface area contributed by atoms with Crippen LogP contribution in [0, 0.1) is 0 Å². The number of carbonyl (C=O) groups excluding carboxylic acids is 3. The zero-order valence-corrected chi connectivity index (χ0v) is 13.8. The van der Waals surface area contributed by atoms with Crippen LogP contribution < -0.4 is 10.6 Å². The minimum atomic E-state index is -0.546. The van der Waals surface area contributed by atoms with Crippen molar-refractivity contribution >= 4 is 17.8 Å². The van der Waals surface area contributed by atoms with Gasteiger partial charge in [0.2, 0.25) is 5.91 Å². The molecule has 0 aliphatic heterocycles. The summed E-state index contributed by atoms with van der Waals surface area (Å²) >= 11 is 0. The Kier molecular flexibility index (Phi) is 7.80. The van der Waals surface area contributed by atoms with Gasteiger partial charge in [0.15, 0.2) is 6.61 Å². The molecular weight excluding hydrogens is 296 g/mol. The van der Waals surface area contributed by atoms with Crippen molar-refractivity contribution in [1.29, 1.82) is 0 Å². The van der Waals surface area contributed by atoms with Crippen molar-refractivity contribution in [2.45, 2.75) is 46.2 Å². The number of benzene rings is 1. The SMILES string of the molecule is CCC(CC)NC(=O)COC(=O)c1ccc(CNC(C)=O)cc1. The molecule has 0 unspecified atom stereocenters. The molecule has 0 aromatic heterocycles. The Morgan fingerprint density at radius 1 is 1.09 bits per heavy atom. The maximum Gasteiger partial charge on any atom is 0.338 e. The molecule has 1 rings (SSSR count). The Hall–Kier alpha value is -2.37. The van der Waals surface area contributed by atoms with Crippen molar-refractivity contribution in [2.24, 2.45) is 0 Å². The molecule has 0 aliphatic rings. The molecule has 0 bridgehead atoms. The van der Waals surface area contributed by atoms with Crippen molar-refractivity contribution < 1.29 is 19.1 Å². The van der Waals surface area contributed by atoms with Crippen LogP contribution >= 0.6 is 0 Å². The molecule has 2 amide bonds. The molecule has 126 valence electrons. The molecule has 6 heteroatoms. The molecule has 0 radical (unpaired) electrons. The van der Waals surface area contributed by atoms with Gasteiger partial charge < -0.3 is 15.4 Å². The fourth-order valence-electron chi connectivity index (χ4n) is 1.96. The molecule has 0 saturated carbocycles. The first kappa shape index (κ1) is 18.7. The highest BCUT2D eigenvalue weighted by Gasteiger charge is 2.12. The maximum absolute atomic E-state index is 11.9. The standard InChI is InChI=1S/C17H24N2O4/c1-4-15(5-2)19-16(21)11-23-17(22)14-8-6-13(7-9-14)10-18-12(3)20/h6-9,15H,4-5,10-11H2,1-3H3,(H,18,20)(H,19,21). The van der Waals surface area contributed by atoms with E-state index >= 15 is 0 Å². The second-order valence-electron chi connectivity index (χ2n) is 5.26. The van der Waals surface area contributed by atoms with E-state index in [1.54, 1.807) is 24.3 Å². The number of rotatable bonds is 8. The number of carbonyl (C=O) groups is 3. The highest BCUT2D eigenvalue weighted by molar-refractivity contribution is 5.91. The summed E-state index contributed by atoms with van der Waals surface area (Å²) in [5, 5.41) is 5.47. The number of nitrogens with one attached hydrogen (secondary N) is 2. The van der Waals surface area contributed by atoms with Crippen molar-refractivity contribution in [1.82, 2.24) is 10.6 Å². The molecule has 0 atom stereocenters. The van der Waals surface area contributed by atoms with Crippen LogP contribution in [0.15, 0.2) is 24.3 Å². The van der Waals surface area contributed by atoms with Crippen LogP contribution in [0.25, 0.3) is 0 Å². The summed E-state index contributed by atoms with van der Waals surface area (Å²) in [6, 6.07) is 6.79. The van der Waals surface area contributed by atoms with Gasteiger partial charge in [-0.3, -0.25) is 9.59 Å². The summed E-state index contributed by atoms with van der Waals surface area (Å²) in [6.07, 6.45) is 1.68. The fourth-order valence-corrected chi connectivity index (χ4v) is 1.96. The van der Waals surface area contributed by atoms with E-state index in [-0.39, 0.29) is 24.5 Å². The third-order valence-corrected chi connectivity index (χ3v) is 3.42. The van der Waals surface area contributed by atoms with E-state index in [0.717, 1.165) is 18.4 Å². The van der Waals surface area contributed by atoms with E-state index in [2.05, 4.69) is 10.6 Å². The molecule has 0 fully saturated rings. The van der Waals surface area contributed by atoms with Gasteiger partial charge in [0.05, 0.1) is 5.56 Å². The predicted molar refractivity (Wildman–Crippen MR) is 86.8 cm³/mol. The average molecular weight is 320 g/mol. The first-order valence-electron chi connectivity index (χ1n) is 7.76. The van der Waals surface area contributed by atoms with E-state index in [4.69, 9.17) is 4.74 Å². The zero-order valence-electron chi connectivity index (χ0n) is 13.8. The normalized spacial score (nSPS) is 10.3. The molecule has 0 aliphatic carbocycles. The third kappa shape index (κ3) is 6.95. The Morgan fingerprint density at radius 3 is 2.22 bits per heavy atom. The molecule has 23 heavy (non-hydrogen) atoms. The molecule has 1 aromatic rings. The van der Waals surface area contributed by atoms with Crippen molar-refractivity contribution in [3.8, 4) is 0 Å². The van der Waals surface area contributed by atoms with Gasteiger partial charge in [0.1, 0.15) is 0 Å². The number of ether oxygens (including phenoxy) is 1. The maximum atomic E-state index is 11.9. The Bertz CT molecular complexity index is 536. The quantitative estimate of drug-likeness (QED) is 0.715. The summed E-state index contributed by atoms with van der Waals surface area (Å²) in [5.74, 6) is -0.956. The topological polar surface area (TPSA) is 84.5 Å². The van der Waals surface area contributed by atoms with Crippen LogP contribution in [-0.2, 0) is 20.9 Å². The minimum Gasteiger partial charge on any atom is -0.452 e. The summed E-state index contributed by atoms with van der Waals surface area (Å²) in [6.45, 7) is 5.54. The molecular formula is C17H24N2O4. The highest BCUT2D eigenvalue weighted by atomic mass is 16.5. The number of hydrogen-bond acceptors (Lipinski definition) is 4. The number of hydrogen-bond donors (Lipinski definition) is 2. The number of amides is 2. The Balaban J connectivity index is 2.45. The van der Waals surface area contributed by atoms with E-state index in [1.165, 1.54) is 6.92 Å². The lowest BCUT2D eigenvalue weighted by Gasteiger charge is -2.14. The van der Waals surface area contributed by atoms with Gasteiger partial charge in [-0.25, -0.2) is 4.79 Å². The van der Waals surface area contributed by atoms with Crippen LogP contribution in [0.2, 0.25) is 0 Å². The Morgan fingerprint density at radius 2 is 1.70 bits per heavy atom. The molecule has 2 N–H and O–H groups in total. The van der Waals surface area contributed by atoms with Crippen molar-refractivity contribution in [2.75, 3.05) is 6.61 Å². The van der Waals surface area contributed by atoms with Crippen molar-refractivity contribution in [3.63, 3.8) is 0 Å². The van der Waals surface area contributed by atoms with Gasteiger partial charge in [0, 0.05) is 19.5 Å². The first-order chi connectivity index (χ1) is 11.0. The van der Waals surface area contributed by atoms with Crippen LogP contribution in [0.3, 0.4) is 0 Å². The van der Waals surface area contributed by atoms with Crippen LogP contribution in [0.1, 0.15) is 49.5 Å². The summed E-state index contributed by atoms with van der Waals surface area (Å²) in [4.78, 5) is 34.4. The van der Waals surface area contributed by atoms with Gasteiger partial charge in [-0.2, -0.15) is 0 Å². The Labute approximate surface area is 136 Å². The van der Waals surface area contributed by atoms with Crippen molar-refractivity contribution in [3.05, 3.63) is 35.4 Å². The zero-order chi connectivity index (χ0) is 17.2. The monoisotopic (exact) mass is 320 g/mol. The average Bonchev–Trinajstić information content (AvgIpc) is 2.56. The molecule has 1 aromatic carbocycles. The van der Waals surface area contributed by atoms with Gasteiger partial charge in [-0.05, 0) is 30.5 Å². The summed E-state index contributed by atoms with van der Waals surface area (Å²) in [5.41, 5.74) is 1.25. The van der Waals surface area contributed by atoms with Gasteiger partial charge in [-0.15, -0.1) is 0 Å². The lowest BCUT2D eigenvalue weighted by atomic mass is 10.1.